The quantitative estimate of drug-likeness (QED) is 0.870. The molecule has 0 saturated heterocycles. The molecule has 2 rings (SSSR count). The van der Waals surface area contributed by atoms with Crippen LogP contribution in [0.2, 0.25) is 5.02 Å². The number of aromatic nitrogens is 4. The molecule has 0 unspecified atom stereocenters. The minimum absolute atomic E-state index is 0.286. The summed E-state index contributed by atoms with van der Waals surface area (Å²) < 4.78 is 5.71. The summed E-state index contributed by atoms with van der Waals surface area (Å²) in [5, 5.41) is 15.6. The molecule has 0 bridgehead atoms. The lowest BCUT2D eigenvalue weighted by atomic mass is 10.2. The van der Waals surface area contributed by atoms with Crippen molar-refractivity contribution >= 4 is 11.6 Å². The SMILES string of the molecule is CCNCc1cc(Cl)ccc1OCc1nnn(C)n1. The molecule has 1 aromatic heterocycles. The van der Waals surface area contributed by atoms with Crippen LogP contribution in [-0.2, 0) is 20.2 Å². The van der Waals surface area contributed by atoms with E-state index in [2.05, 4.69) is 27.7 Å². The average molecular weight is 282 g/mol. The number of ether oxygens (including phenoxy) is 1. The van der Waals surface area contributed by atoms with Crippen molar-refractivity contribution in [3.8, 4) is 5.75 Å². The molecule has 0 atom stereocenters. The van der Waals surface area contributed by atoms with E-state index in [1.165, 1.54) is 4.80 Å². The van der Waals surface area contributed by atoms with Crippen molar-refractivity contribution in [1.82, 2.24) is 25.5 Å². The van der Waals surface area contributed by atoms with E-state index in [-0.39, 0.29) is 6.61 Å². The fourth-order valence-corrected chi connectivity index (χ4v) is 1.80. The minimum Gasteiger partial charge on any atom is -0.485 e. The fraction of sp³-hybridized carbons (Fsp3) is 0.417. The molecule has 0 radical (unpaired) electrons. The second-order valence-electron chi connectivity index (χ2n) is 4.02. The van der Waals surface area contributed by atoms with Crippen molar-refractivity contribution in [2.24, 2.45) is 7.05 Å². The predicted octanol–water partition coefficient (Wildman–Crippen LogP) is 1.55. The van der Waals surface area contributed by atoms with Gasteiger partial charge in [0.05, 0.1) is 7.05 Å². The lowest BCUT2D eigenvalue weighted by Gasteiger charge is -2.11. The Morgan fingerprint density at radius 2 is 2.26 bits per heavy atom. The van der Waals surface area contributed by atoms with Crippen LogP contribution < -0.4 is 10.1 Å². The molecule has 7 heteroatoms. The Balaban J connectivity index is 2.05. The Labute approximate surface area is 116 Å². The molecule has 1 heterocycles. The zero-order valence-electron chi connectivity index (χ0n) is 10.9. The second kappa shape index (κ2) is 6.49. The highest BCUT2D eigenvalue weighted by molar-refractivity contribution is 6.30. The smallest absolute Gasteiger partial charge is 0.212 e. The van der Waals surface area contributed by atoms with Crippen molar-refractivity contribution in [3.05, 3.63) is 34.6 Å². The van der Waals surface area contributed by atoms with Crippen LogP contribution in [0.3, 0.4) is 0 Å². The van der Waals surface area contributed by atoms with Crippen LogP contribution in [0.4, 0.5) is 0 Å². The Morgan fingerprint density at radius 1 is 1.42 bits per heavy atom. The van der Waals surface area contributed by atoms with Gasteiger partial charge in [0.15, 0.2) is 6.61 Å². The lowest BCUT2D eigenvalue weighted by Crippen LogP contribution is -2.13. The molecule has 0 fully saturated rings. The van der Waals surface area contributed by atoms with E-state index < -0.39 is 0 Å². The Hall–Kier alpha value is -1.66. The molecule has 1 aromatic carbocycles. The van der Waals surface area contributed by atoms with Crippen LogP contribution in [0.15, 0.2) is 18.2 Å². The van der Waals surface area contributed by atoms with Crippen LogP contribution in [0.25, 0.3) is 0 Å². The second-order valence-corrected chi connectivity index (χ2v) is 4.45. The standard InChI is InChI=1S/C12H16ClN5O/c1-3-14-7-9-6-10(13)4-5-11(9)19-8-12-15-17-18(2)16-12/h4-6,14H,3,7-8H2,1-2H3. The van der Waals surface area contributed by atoms with Crippen LogP contribution in [0, 0.1) is 0 Å². The number of hydrogen-bond acceptors (Lipinski definition) is 5. The molecule has 0 amide bonds. The molecule has 2 aromatic rings. The van der Waals surface area contributed by atoms with E-state index in [1.54, 1.807) is 13.1 Å². The third kappa shape index (κ3) is 3.90. The third-order valence-corrected chi connectivity index (χ3v) is 2.73. The number of nitrogens with one attached hydrogen (secondary N) is 1. The summed E-state index contributed by atoms with van der Waals surface area (Å²) in [6.45, 7) is 3.93. The van der Waals surface area contributed by atoms with Gasteiger partial charge in [0.1, 0.15) is 5.75 Å². The number of halogens is 1. The summed E-state index contributed by atoms with van der Waals surface area (Å²) in [7, 11) is 1.72. The molecule has 0 spiro atoms. The minimum atomic E-state index is 0.286. The van der Waals surface area contributed by atoms with Gasteiger partial charge >= 0.3 is 0 Å². The number of aryl methyl sites for hydroxylation is 1. The van der Waals surface area contributed by atoms with Crippen molar-refractivity contribution in [3.63, 3.8) is 0 Å². The number of rotatable bonds is 6. The summed E-state index contributed by atoms with van der Waals surface area (Å²) in [5.74, 6) is 1.32. The van der Waals surface area contributed by atoms with E-state index >= 15 is 0 Å². The maximum atomic E-state index is 5.99. The monoisotopic (exact) mass is 281 g/mol. The highest BCUT2D eigenvalue weighted by atomic mass is 35.5. The zero-order valence-corrected chi connectivity index (χ0v) is 11.7. The van der Waals surface area contributed by atoms with Crippen LogP contribution in [-0.4, -0.2) is 26.8 Å². The summed E-state index contributed by atoms with van der Waals surface area (Å²) in [5.41, 5.74) is 1.01. The summed E-state index contributed by atoms with van der Waals surface area (Å²) in [6, 6.07) is 5.55. The average Bonchev–Trinajstić information content (AvgIpc) is 2.81. The van der Waals surface area contributed by atoms with Gasteiger partial charge in [-0.15, -0.1) is 10.2 Å². The third-order valence-electron chi connectivity index (χ3n) is 2.49. The molecule has 0 aliphatic rings. The zero-order chi connectivity index (χ0) is 13.7. The maximum absolute atomic E-state index is 5.99. The van der Waals surface area contributed by atoms with Gasteiger partial charge in [-0.1, -0.05) is 18.5 Å². The summed E-state index contributed by atoms with van der Waals surface area (Å²) in [6.07, 6.45) is 0. The topological polar surface area (TPSA) is 64.9 Å². The number of benzene rings is 1. The van der Waals surface area contributed by atoms with E-state index in [9.17, 15) is 0 Å². The van der Waals surface area contributed by atoms with Gasteiger partial charge in [0.25, 0.3) is 0 Å². The number of hydrogen-bond donors (Lipinski definition) is 1. The first-order valence-electron chi connectivity index (χ1n) is 6.04. The van der Waals surface area contributed by atoms with Crippen LogP contribution in [0.5, 0.6) is 5.75 Å². The molecule has 102 valence electrons. The Kier molecular flexibility index (Phi) is 4.70. The van der Waals surface area contributed by atoms with Crippen molar-refractivity contribution in [1.29, 1.82) is 0 Å². The summed E-state index contributed by atoms with van der Waals surface area (Å²) >= 11 is 5.99. The normalized spacial score (nSPS) is 10.7. The maximum Gasteiger partial charge on any atom is 0.212 e. The van der Waals surface area contributed by atoms with Gasteiger partial charge < -0.3 is 10.1 Å². The first-order valence-corrected chi connectivity index (χ1v) is 6.41. The van der Waals surface area contributed by atoms with Crippen LogP contribution >= 0.6 is 11.6 Å². The highest BCUT2D eigenvalue weighted by Crippen LogP contribution is 2.23. The molecular formula is C12H16ClN5O. The Morgan fingerprint density at radius 3 is 2.95 bits per heavy atom. The largest absolute Gasteiger partial charge is 0.485 e. The molecule has 0 saturated carbocycles. The molecule has 19 heavy (non-hydrogen) atoms. The van der Waals surface area contributed by atoms with E-state index in [4.69, 9.17) is 16.3 Å². The van der Waals surface area contributed by atoms with E-state index in [1.807, 2.05) is 12.1 Å². The molecule has 1 N–H and O–H groups in total. The highest BCUT2D eigenvalue weighted by Gasteiger charge is 2.07. The van der Waals surface area contributed by atoms with Gasteiger partial charge in [-0.3, -0.25) is 0 Å². The van der Waals surface area contributed by atoms with Gasteiger partial charge in [0, 0.05) is 17.1 Å². The molecule has 0 aliphatic heterocycles. The van der Waals surface area contributed by atoms with Crippen LogP contribution in [0.1, 0.15) is 18.3 Å². The van der Waals surface area contributed by atoms with Gasteiger partial charge in [-0.25, -0.2) is 0 Å². The van der Waals surface area contributed by atoms with Crippen molar-refractivity contribution in [2.45, 2.75) is 20.1 Å². The first-order chi connectivity index (χ1) is 9.19. The number of tetrazole rings is 1. The predicted molar refractivity (Wildman–Crippen MR) is 72.0 cm³/mol. The first kappa shape index (κ1) is 13.8. The van der Waals surface area contributed by atoms with Crippen molar-refractivity contribution < 1.29 is 4.74 Å². The molecular weight excluding hydrogens is 266 g/mol. The number of nitrogens with zero attached hydrogens (tertiary/aromatic N) is 4. The molecule has 0 aliphatic carbocycles. The Bertz CT molecular complexity index is 543. The van der Waals surface area contributed by atoms with Gasteiger partial charge in [0.2, 0.25) is 5.82 Å². The van der Waals surface area contributed by atoms with E-state index in [0.717, 1.165) is 17.9 Å². The van der Waals surface area contributed by atoms with Gasteiger partial charge in [-0.05, 0) is 30.0 Å². The van der Waals surface area contributed by atoms with E-state index in [0.29, 0.717) is 17.4 Å². The van der Waals surface area contributed by atoms with Gasteiger partial charge in [-0.2, -0.15) is 4.80 Å². The van der Waals surface area contributed by atoms with Crippen molar-refractivity contribution in [2.75, 3.05) is 6.54 Å². The summed E-state index contributed by atoms with van der Waals surface area (Å²) in [4.78, 5) is 1.40. The fourth-order valence-electron chi connectivity index (χ4n) is 1.61. The molecule has 6 nitrogen and oxygen atoms in total. The lowest BCUT2D eigenvalue weighted by molar-refractivity contribution is 0.291.